The molecule has 0 aromatic heterocycles. The van der Waals surface area contributed by atoms with Gasteiger partial charge < -0.3 is 5.11 Å². The molecule has 1 saturated carbocycles. The minimum absolute atomic E-state index is 0.197. The van der Waals surface area contributed by atoms with Crippen molar-refractivity contribution in [2.45, 2.75) is 66.4 Å². The van der Waals surface area contributed by atoms with Crippen molar-refractivity contribution in [1.29, 1.82) is 0 Å². The van der Waals surface area contributed by atoms with Crippen LogP contribution in [0, 0.1) is 32.1 Å². The Labute approximate surface area is 118 Å². The van der Waals surface area contributed by atoms with Gasteiger partial charge in [-0.3, -0.25) is 0 Å². The summed E-state index contributed by atoms with van der Waals surface area (Å²) in [6, 6.07) is 4.46. The molecule has 106 valence electrons. The third-order valence-electron chi connectivity index (χ3n) is 5.06. The van der Waals surface area contributed by atoms with E-state index < -0.39 is 0 Å². The lowest BCUT2D eigenvalue weighted by Crippen LogP contribution is -2.31. The lowest BCUT2D eigenvalue weighted by Gasteiger charge is -2.31. The fraction of sp³-hybridized carbons (Fsp3) is 0.667. The minimum Gasteiger partial charge on any atom is -0.392 e. The van der Waals surface area contributed by atoms with Crippen molar-refractivity contribution in [3.63, 3.8) is 0 Å². The van der Waals surface area contributed by atoms with Crippen molar-refractivity contribution in [1.82, 2.24) is 0 Å². The van der Waals surface area contributed by atoms with Crippen LogP contribution in [0.4, 0.5) is 0 Å². The molecular formula is C18H28O. The standard InChI is InChI=1S/C18H28O/c1-12-9-13(2)15(14(3)10-12)11-17(19)16-7-6-8-18(16,4)5/h9-10,16-17,19H,6-8,11H2,1-5H3. The SMILES string of the molecule is Cc1cc(C)c(CC(O)C2CCCC2(C)C)c(C)c1. The van der Waals surface area contributed by atoms with Crippen molar-refractivity contribution < 1.29 is 5.11 Å². The summed E-state index contributed by atoms with van der Waals surface area (Å²) >= 11 is 0. The van der Waals surface area contributed by atoms with Gasteiger partial charge in [-0.1, -0.05) is 38.0 Å². The van der Waals surface area contributed by atoms with Crippen molar-refractivity contribution in [3.8, 4) is 0 Å². The molecule has 0 spiro atoms. The zero-order valence-corrected chi connectivity index (χ0v) is 13.1. The summed E-state index contributed by atoms with van der Waals surface area (Å²) in [6.45, 7) is 11.1. The Bertz CT molecular complexity index is 436. The maximum atomic E-state index is 10.7. The zero-order valence-electron chi connectivity index (χ0n) is 13.1. The molecule has 1 heteroatoms. The van der Waals surface area contributed by atoms with Crippen LogP contribution in [0.3, 0.4) is 0 Å². The summed E-state index contributed by atoms with van der Waals surface area (Å²) in [4.78, 5) is 0. The van der Waals surface area contributed by atoms with Crippen LogP contribution in [0.1, 0.15) is 55.4 Å². The first-order chi connectivity index (χ1) is 8.81. The number of aryl methyl sites for hydroxylation is 3. The van der Waals surface area contributed by atoms with E-state index in [2.05, 4.69) is 46.8 Å². The van der Waals surface area contributed by atoms with E-state index in [-0.39, 0.29) is 6.10 Å². The Hall–Kier alpha value is -0.820. The number of benzene rings is 1. The molecule has 2 unspecified atom stereocenters. The average molecular weight is 260 g/mol. The predicted molar refractivity (Wildman–Crippen MR) is 81.5 cm³/mol. The Morgan fingerprint density at radius 3 is 2.26 bits per heavy atom. The van der Waals surface area contributed by atoms with E-state index in [0.717, 1.165) is 6.42 Å². The van der Waals surface area contributed by atoms with Gasteiger partial charge in [0.2, 0.25) is 0 Å². The van der Waals surface area contributed by atoms with E-state index in [0.29, 0.717) is 11.3 Å². The number of rotatable bonds is 3. The van der Waals surface area contributed by atoms with Gasteiger partial charge in [-0.25, -0.2) is 0 Å². The highest BCUT2D eigenvalue weighted by atomic mass is 16.3. The monoisotopic (exact) mass is 260 g/mol. The van der Waals surface area contributed by atoms with Gasteiger partial charge in [0.1, 0.15) is 0 Å². The van der Waals surface area contributed by atoms with Gasteiger partial charge in [0.15, 0.2) is 0 Å². The van der Waals surface area contributed by atoms with Crippen LogP contribution in [0.5, 0.6) is 0 Å². The minimum atomic E-state index is -0.197. The Kier molecular flexibility index (Phi) is 4.06. The van der Waals surface area contributed by atoms with Gasteiger partial charge in [-0.2, -0.15) is 0 Å². The Morgan fingerprint density at radius 2 is 1.79 bits per heavy atom. The molecule has 0 bridgehead atoms. The first kappa shape index (κ1) is 14.6. The van der Waals surface area contributed by atoms with Crippen LogP contribution < -0.4 is 0 Å². The maximum Gasteiger partial charge on any atom is 0.0614 e. The molecule has 0 aliphatic heterocycles. The smallest absolute Gasteiger partial charge is 0.0614 e. The zero-order chi connectivity index (χ0) is 14.2. The molecule has 19 heavy (non-hydrogen) atoms. The van der Waals surface area contributed by atoms with Crippen LogP contribution in [0.25, 0.3) is 0 Å². The first-order valence-electron chi connectivity index (χ1n) is 7.56. The number of hydrogen-bond donors (Lipinski definition) is 1. The second-order valence-electron chi connectivity index (χ2n) is 7.14. The fourth-order valence-electron chi connectivity index (χ4n) is 3.95. The second kappa shape index (κ2) is 5.28. The van der Waals surface area contributed by atoms with Crippen molar-refractivity contribution in [2.24, 2.45) is 11.3 Å². The van der Waals surface area contributed by atoms with Gasteiger partial charge in [0.05, 0.1) is 6.10 Å². The molecule has 1 aliphatic rings. The molecule has 2 rings (SSSR count). The summed E-state index contributed by atoms with van der Waals surface area (Å²) < 4.78 is 0. The van der Waals surface area contributed by atoms with E-state index in [1.807, 2.05) is 0 Å². The van der Waals surface area contributed by atoms with Crippen LogP contribution in [-0.4, -0.2) is 11.2 Å². The number of aliphatic hydroxyl groups excluding tert-OH is 1. The summed E-state index contributed by atoms with van der Waals surface area (Å²) in [5.41, 5.74) is 5.61. The van der Waals surface area contributed by atoms with E-state index in [1.165, 1.54) is 41.5 Å². The van der Waals surface area contributed by atoms with E-state index >= 15 is 0 Å². The molecule has 1 aliphatic carbocycles. The third kappa shape index (κ3) is 3.02. The lowest BCUT2D eigenvalue weighted by molar-refractivity contribution is 0.0540. The quantitative estimate of drug-likeness (QED) is 0.857. The van der Waals surface area contributed by atoms with Crippen molar-refractivity contribution in [2.75, 3.05) is 0 Å². The second-order valence-corrected chi connectivity index (χ2v) is 7.14. The maximum absolute atomic E-state index is 10.7. The van der Waals surface area contributed by atoms with Crippen LogP contribution >= 0.6 is 0 Å². The lowest BCUT2D eigenvalue weighted by atomic mass is 9.76. The van der Waals surface area contributed by atoms with Gasteiger partial charge in [-0.15, -0.1) is 0 Å². The molecule has 1 fully saturated rings. The normalized spacial score (nSPS) is 23.6. The van der Waals surface area contributed by atoms with Crippen molar-refractivity contribution in [3.05, 3.63) is 34.4 Å². The molecular weight excluding hydrogens is 232 g/mol. The summed E-state index contributed by atoms with van der Waals surface area (Å²) in [7, 11) is 0. The van der Waals surface area contributed by atoms with Gasteiger partial charge in [-0.05, 0) is 68.1 Å². The van der Waals surface area contributed by atoms with E-state index in [4.69, 9.17) is 0 Å². The highest BCUT2D eigenvalue weighted by Crippen LogP contribution is 2.45. The van der Waals surface area contributed by atoms with Gasteiger partial charge in [0, 0.05) is 0 Å². The molecule has 0 heterocycles. The van der Waals surface area contributed by atoms with Gasteiger partial charge >= 0.3 is 0 Å². The molecule has 1 aromatic carbocycles. The Morgan fingerprint density at radius 1 is 1.21 bits per heavy atom. The highest BCUT2D eigenvalue weighted by Gasteiger charge is 2.38. The Balaban J connectivity index is 2.18. The molecule has 1 nitrogen and oxygen atoms in total. The average Bonchev–Trinajstić information content (AvgIpc) is 2.63. The third-order valence-corrected chi connectivity index (χ3v) is 5.06. The van der Waals surface area contributed by atoms with E-state index in [1.54, 1.807) is 0 Å². The summed E-state index contributed by atoms with van der Waals surface area (Å²) in [5, 5.41) is 10.7. The van der Waals surface area contributed by atoms with Crippen LogP contribution in [-0.2, 0) is 6.42 Å². The molecule has 0 amide bonds. The van der Waals surface area contributed by atoms with Crippen LogP contribution in [0.2, 0.25) is 0 Å². The summed E-state index contributed by atoms with van der Waals surface area (Å²) in [6.07, 6.45) is 4.31. The number of hydrogen-bond acceptors (Lipinski definition) is 1. The predicted octanol–water partition coefficient (Wildman–Crippen LogP) is 4.34. The number of aliphatic hydroxyl groups is 1. The highest BCUT2D eigenvalue weighted by molar-refractivity contribution is 5.38. The molecule has 1 N–H and O–H groups in total. The largest absolute Gasteiger partial charge is 0.392 e. The topological polar surface area (TPSA) is 20.2 Å². The molecule has 0 saturated heterocycles. The molecule has 1 aromatic rings. The fourth-order valence-corrected chi connectivity index (χ4v) is 3.95. The molecule has 0 radical (unpaired) electrons. The van der Waals surface area contributed by atoms with Gasteiger partial charge in [0.25, 0.3) is 0 Å². The first-order valence-corrected chi connectivity index (χ1v) is 7.56. The summed E-state index contributed by atoms with van der Waals surface area (Å²) in [5.74, 6) is 0.451. The van der Waals surface area contributed by atoms with E-state index in [9.17, 15) is 5.11 Å². The molecule has 2 atom stereocenters. The van der Waals surface area contributed by atoms with Crippen molar-refractivity contribution >= 4 is 0 Å². The van der Waals surface area contributed by atoms with Crippen LogP contribution in [0.15, 0.2) is 12.1 Å².